The van der Waals surface area contributed by atoms with Crippen molar-refractivity contribution in [1.82, 2.24) is 5.32 Å². The maximum Gasteiger partial charge on any atom is 0.321 e. The van der Waals surface area contributed by atoms with Crippen LogP contribution in [0.5, 0.6) is 0 Å². The Morgan fingerprint density at radius 3 is 3.12 bits per heavy atom. The van der Waals surface area contributed by atoms with Crippen LogP contribution < -0.4 is 5.32 Å². The number of hydrogen-bond donors (Lipinski definition) is 2. The predicted octanol–water partition coefficient (Wildman–Crippen LogP) is 1.71. The zero-order valence-corrected chi connectivity index (χ0v) is 9.89. The van der Waals surface area contributed by atoms with E-state index in [0.29, 0.717) is 5.75 Å². The summed E-state index contributed by atoms with van der Waals surface area (Å²) in [5.74, 6) is -0.477. The van der Waals surface area contributed by atoms with E-state index in [4.69, 9.17) is 5.11 Å². The third-order valence-corrected chi connectivity index (χ3v) is 4.99. The normalized spacial score (nSPS) is 30.8. The molecule has 3 nitrogen and oxygen atoms in total. The van der Waals surface area contributed by atoms with Crippen molar-refractivity contribution in [3.05, 3.63) is 35.1 Å². The summed E-state index contributed by atoms with van der Waals surface area (Å²) in [6.07, 6.45) is 1.64. The highest BCUT2D eigenvalue weighted by molar-refractivity contribution is 8.00. The van der Waals surface area contributed by atoms with E-state index in [9.17, 15) is 9.18 Å². The molecule has 1 saturated heterocycles. The Morgan fingerprint density at radius 1 is 1.59 bits per heavy atom. The second-order valence-electron chi connectivity index (χ2n) is 4.47. The van der Waals surface area contributed by atoms with Gasteiger partial charge in [0, 0.05) is 5.75 Å². The number of carboxylic acid groups (broad SMARTS) is 1. The highest BCUT2D eigenvalue weighted by Crippen LogP contribution is 2.49. The first-order chi connectivity index (χ1) is 8.11. The average molecular weight is 253 g/mol. The van der Waals surface area contributed by atoms with Crippen LogP contribution in [0.25, 0.3) is 0 Å². The number of benzene rings is 1. The summed E-state index contributed by atoms with van der Waals surface area (Å²) in [6.45, 7) is 0. The minimum absolute atomic E-state index is 0.224. The van der Waals surface area contributed by atoms with Crippen LogP contribution in [0.3, 0.4) is 0 Å². The average Bonchev–Trinajstić information content (AvgIpc) is 2.86. The molecule has 1 aromatic carbocycles. The number of nitrogens with one attached hydrogen (secondary N) is 1. The molecular weight excluding hydrogens is 241 g/mol. The molecule has 1 spiro atoms. The maximum atomic E-state index is 13.1. The van der Waals surface area contributed by atoms with Gasteiger partial charge in [0.2, 0.25) is 0 Å². The van der Waals surface area contributed by atoms with E-state index in [0.717, 1.165) is 24.0 Å². The molecule has 3 rings (SSSR count). The van der Waals surface area contributed by atoms with Crippen LogP contribution in [-0.4, -0.2) is 22.9 Å². The summed E-state index contributed by atoms with van der Waals surface area (Å²) in [5, 5.41) is 12.2. The third-order valence-electron chi connectivity index (χ3n) is 3.45. The van der Waals surface area contributed by atoms with Crippen LogP contribution >= 0.6 is 11.8 Å². The molecule has 2 aliphatic rings. The van der Waals surface area contributed by atoms with Crippen molar-refractivity contribution in [2.24, 2.45) is 0 Å². The number of fused-ring (bicyclic) bond motifs is 2. The first-order valence-corrected chi connectivity index (χ1v) is 6.53. The topological polar surface area (TPSA) is 49.3 Å². The molecule has 0 radical (unpaired) electrons. The number of halogens is 1. The zero-order valence-electron chi connectivity index (χ0n) is 9.07. The van der Waals surface area contributed by atoms with E-state index < -0.39 is 12.0 Å². The molecule has 0 amide bonds. The fraction of sp³-hybridized carbons (Fsp3) is 0.417. The van der Waals surface area contributed by atoms with Crippen LogP contribution in [0, 0.1) is 5.82 Å². The number of thioether (sulfide) groups is 1. The Kier molecular flexibility index (Phi) is 2.41. The molecule has 1 aliphatic heterocycles. The molecule has 2 atom stereocenters. The molecule has 17 heavy (non-hydrogen) atoms. The second-order valence-corrected chi connectivity index (χ2v) is 5.79. The summed E-state index contributed by atoms with van der Waals surface area (Å²) in [5.41, 5.74) is 2.05. The van der Waals surface area contributed by atoms with Gasteiger partial charge < -0.3 is 5.11 Å². The lowest BCUT2D eigenvalue weighted by Crippen LogP contribution is -2.42. The van der Waals surface area contributed by atoms with Crippen molar-refractivity contribution in [3.63, 3.8) is 0 Å². The van der Waals surface area contributed by atoms with Crippen LogP contribution in [0.15, 0.2) is 18.2 Å². The van der Waals surface area contributed by atoms with Gasteiger partial charge in [0.05, 0.1) is 4.87 Å². The molecule has 2 N–H and O–H groups in total. The molecule has 0 saturated carbocycles. The lowest BCUT2D eigenvalue weighted by molar-refractivity contribution is -0.138. The molecule has 90 valence electrons. The number of aryl methyl sites for hydroxylation is 1. The monoisotopic (exact) mass is 253 g/mol. The minimum Gasteiger partial charge on any atom is -0.480 e. The summed E-state index contributed by atoms with van der Waals surface area (Å²) in [7, 11) is 0. The van der Waals surface area contributed by atoms with Crippen molar-refractivity contribution < 1.29 is 14.3 Å². The maximum absolute atomic E-state index is 13.1. The predicted molar refractivity (Wildman–Crippen MR) is 63.4 cm³/mol. The largest absolute Gasteiger partial charge is 0.480 e. The summed E-state index contributed by atoms with van der Waals surface area (Å²) >= 11 is 1.62. The van der Waals surface area contributed by atoms with Gasteiger partial charge in [-0.2, -0.15) is 0 Å². The van der Waals surface area contributed by atoms with Gasteiger partial charge in [-0.25, -0.2) is 4.39 Å². The van der Waals surface area contributed by atoms with Crippen molar-refractivity contribution in [3.8, 4) is 0 Å². The van der Waals surface area contributed by atoms with Crippen LogP contribution in [-0.2, 0) is 16.1 Å². The number of hydrogen-bond acceptors (Lipinski definition) is 3. The molecule has 5 heteroatoms. The molecule has 1 aromatic rings. The molecule has 0 aromatic heterocycles. The van der Waals surface area contributed by atoms with E-state index >= 15 is 0 Å². The highest BCUT2D eigenvalue weighted by Gasteiger charge is 2.47. The number of carboxylic acids is 1. The van der Waals surface area contributed by atoms with Gasteiger partial charge in [-0.3, -0.25) is 10.1 Å². The van der Waals surface area contributed by atoms with Crippen LogP contribution in [0.1, 0.15) is 17.5 Å². The first kappa shape index (κ1) is 11.0. The molecule has 1 fully saturated rings. The molecule has 2 unspecified atom stereocenters. The van der Waals surface area contributed by atoms with Gasteiger partial charge >= 0.3 is 5.97 Å². The van der Waals surface area contributed by atoms with E-state index in [1.54, 1.807) is 23.9 Å². The Labute approximate surface area is 102 Å². The summed E-state index contributed by atoms with van der Waals surface area (Å²) in [4.78, 5) is 10.7. The van der Waals surface area contributed by atoms with Gasteiger partial charge in [-0.05, 0) is 36.1 Å². The fourth-order valence-electron chi connectivity index (χ4n) is 2.63. The molecule has 1 aliphatic carbocycles. The SMILES string of the molecule is O=C(O)C1CSC2(CCc3cc(F)ccc32)N1. The van der Waals surface area contributed by atoms with Crippen molar-refractivity contribution in [2.75, 3.05) is 5.75 Å². The third kappa shape index (κ3) is 1.65. The lowest BCUT2D eigenvalue weighted by Gasteiger charge is -2.24. The highest BCUT2D eigenvalue weighted by atomic mass is 32.2. The minimum atomic E-state index is -0.815. The lowest BCUT2D eigenvalue weighted by atomic mass is 10.1. The first-order valence-electron chi connectivity index (χ1n) is 5.54. The van der Waals surface area contributed by atoms with Crippen molar-refractivity contribution in [2.45, 2.75) is 23.8 Å². The standard InChI is InChI=1S/C12H12FNO2S/c13-8-1-2-9-7(5-8)3-4-12(9)14-10(6-17-12)11(15)16/h1-2,5,10,14H,3-4,6H2,(H,15,16). The zero-order chi connectivity index (χ0) is 12.0. The van der Waals surface area contributed by atoms with Gasteiger partial charge in [0.1, 0.15) is 11.9 Å². The van der Waals surface area contributed by atoms with Gasteiger partial charge in [0.25, 0.3) is 0 Å². The van der Waals surface area contributed by atoms with Gasteiger partial charge in [0.15, 0.2) is 0 Å². The quantitative estimate of drug-likeness (QED) is 0.800. The fourth-order valence-corrected chi connectivity index (χ4v) is 4.14. The van der Waals surface area contributed by atoms with Crippen molar-refractivity contribution in [1.29, 1.82) is 0 Å². The Hall–Kier alpha value is -1.07. The number of aliphatic carboxylic acids is 1. The molecule has 0 bridgehead atoms. The smallest absolute Gasteiger partial charge is 0.321 e. The van der Waals surface area contributed by atoms with Crippen molar-refractivity contribution >= 4 is 17.7 Å². The van der Waals surface area contributed by atoms with Crippen LogP contribution in [0.4, 0.5) is 4.39 Å². The van der Waals surface area contributed by atoms with E-state index in [2.05, 4.69) is 5.32 Å². The second kappa shape index (κ2) is 3.71. The Morgan fingerprint density at radius 2 is 2.41 bits per heavy atom. The van der Waals surface area contributed by atoms with E-state index in [-0.39, 0.29) is 10.7 Å². The van der Waals surface area contributed by atoms with Gasteiger partial charge in [-0.15, -0.1) is 11.8 Å². The number of rotatable bonds is 1. The molecular formula is C12H12FNO2S. The van der Waals surface area contributed by atoms with E-state index in [1.165, 1.54) is 6.07 Å². The van der Waals surface area contributed by atoms with Gasteiger partial charge in [-0.1, -0.05) is 6.07 Å². The Balaban J connectivity index is 1.96. The number of carbonyl (C=O) groups is 1. The van der Waals surface area contributed by atoms with E-state index in [1.807, 2.05) is 0 Å². The summed E-state index contributed by atoms with van der Waals surface area (Å²) < 4.78 is 13.1. The summed E-state index contributed by atoms with van der Waals surface area (Å²) in [6, 6.07) is 4.28. The Bertz CT molecular complexity index is 493. The van der Waals surface area contributed by atoms with Crippen LogP contribution in [0.2, 0.25) is 0 Å². The molecule has 1 heterocycles.